The van der Waals surface area contributed by atoms with E-state index in [0.29, 0.717) is 5.56 Å². The quantitative estimate of drug-likeness (QED) is 0.760. The van der Waals surface area contributed by atoms with Crippen LogP contribution in [0.4, 0.5) is 24.5 Å². The van der Waals surface area contributed by atoms with Crippen molar-refractivity contribution in [3.63, 3.8) is 0 Å². The van der Waals surface area contributed by atoms with Crippen LogP contribution in [0.3, 0.4) is 0 Å². The van der Waals surface area contributed by atoms with Gasteiger partial charge in [0.15, 0.2) is 0 Å². The van der Waals surface area contributed by atoms with Crippen molar-refractivity contribution in [2.75, 3.05) is 10.6 Å². The molecule has 0 aliphatic rings. The molecule has 8 heteroatoms. The first-order valence-electron chi connectivity index (χ1n) is 8.07. The van der Waals surface area contributed by atoms with Crippen LogP contribution >= 0.6 is 0 Å². The minimum atomic E-state index is -4.77. The van der Waals surface area contributed by atoms with Gasteiger partial charge in [0, 0.05) is 12.6 Å². The zero-order valence-electron chi connectivity index (χ0n) is 15.0. The second-order valence-corrected chi connectivity index (χ2v) is 7.19. The second kappa shape index (κ2) is 7.01. The van der Waals surface area contributed by atoms with Gasteiger partial charge in [-0.3, -0.25) is 9.59 Å². The number of hydrogen-bond donors (Lipinski definition) is 2. The van der Waals surface area contributed by atoms with Gasteiger partial charge in [-0.25, -0.2) is 0 Å². The monoisotopic (exact) mass is 370 g/mol. The van der Waals surface area contributed by atoms with E-state index in [2.05, 4.69) is 15.4 Å². The van der Waals surface area contributed by atoms with Gasteiger partial charge in [-0.2, -0.15) is 0 Å². The van der Waals surface area contributed by atoms with Crippen LogP contribution in [0, 0.1) is 5.41 Å². The SMILES string of the molecule is CC(Nc1c(NCc2cccc(OC(F)(F)F)c2)c(=O)c1=O)C(C)(C)C. The molecule has 0 radical (unpaired) electrons. The van der Waals surface area contributed by atoms with Gasteiger partial charge in [-0.05, 0) is 30.0 Å². The van der Waals surface area contributed by atoms with E-state index in [9.17, 15) is 22.8 Å². The summed E-state index contributed by atoms with van der Waals surface area (Å²) in [4.78, 5) is 23.6. The summed E-state index contributed by atoms with van der Waals surface area (Å²) >= 11 is 0. The lowest BCUT2D eigenvalue weighted by Gasteiger charge is -2.30. The molecule has 0 aliphatic heterocycles. The van der Waals surface area contributed by atoms with Crippen LogP contribution in [0.15, 0.2) is 33.9 Å². The van der Waals surface area contributed by atoms with Crippen LogP contribution in [-0.2, 0) is 6.54 Å². The molecule has 0 fully saturated rings. The van der Waals surface area contributed by atoms with Crippen LogP contribution in [-0.4, -0.2) is 12.4 Å². The van der Waals surface area contributed by atoms with E-state index in [1.807, 2.05) is 27.7 Å². The Morgan fingerprint density at radius 1 is 1.08 bits per heavy atom. The zero-order valence-corrected chi connectivity index (χ0v) is 15.0. The van der Waals surface area contributed by atoms with Crippen molar-refractivity contribution in [2.45, 2.75) is 46.6 Å². The van der Waals surface area contributed by atoms with Crippen molar-refractivity contribution < 1.29 is 17.9 Å². The number of hydrogen-bond acceptors (Lipinski definition) is 5. The molecule has 0 spiro atoms. The molecule has 142 valence electrons. The number of benzene rings is 1. The molecular weight excluding hydrogens is 349 g/mol. The molecule has 2 aromatic rings. The van der Waals surface area contributed by atoms with Gasteiger partial charge in [0.25, 0.3) is 10.9 Å². The summed E-state index contributed by atoms with van der Waals surface area (Å²) in [5.74, 6) is -0.346. The maximum atomic E-state index is 12.3. The average Bonchev–Trinajstić information content (AvgIpc) is 2.51. The third kappa shape index (κ3) is 4.77. The number of anilines is 2. The first kappa shape index (κ1) is 19.8. The normalized spacial score (nSPS) is 13.5. The van der Waals surface area contributed by atoms with Gasteiger partial charge in [0.05, 0.1) is 0 Å². The minimum absolute atomic E-state index is 0.0603. The summed E-state index contributed by atoms with van der Waals surface area (Å²) in [6.45, 7) is 7.97. The molecule has 2 rings (SSSR count). The maximum absolute atomic E-state index is 12.3. The fraction of sp³-hybridized carbons (Fsp3) is 0.444. The largest absolute Gasteiger partial charge is 0.573 e. The minimum Gasteiger partial charge on any atom is -0.406 e. The molecule has 5 nitrogen and oxygen atoms in total. The van der Waals surface area contributed by atoms with Crippen LogP contribution in [0.25, 0.3) is 0 Å². The Bertz CT molecular complexity index is 847. The summed E-state index contributed by atoms with van der Waals surface area (Å²) in [5, 5.41) is 5.86. The standard InChI is InChI=1S/C18H21F3N2O3/c1-10(17(2,3)4)23-14-13(15(24)16(14)25)22-9-11-6-5-7-12(8-11)26-18(19,20)21/h5-8,10,22-23H,9H2,1-4H3. The molecule has 0 bridgehead atoms. The molecule has 0 saturated heterocycles. The van der Waals surface area contributed by atoms with Crippen molar-refractivity contribution in [2.24, 2.45) is 5.41 Å². The average molecular weight is 370 g/mol. The Morgan fingerprint density at radius 3 is 2.27 bits per heavy atom. The fourth-order valence-electron chi connectivity index (χ4n) is 2.17. The van der Waals surface area contributed by atoms with E-state index in [0.717, 1.165) is 0 Å². The number of alkyl halides is 3. The Morgan fingerprint density at radius 2 is 1.69 bits per heavy atom. The van der Waals surface area contributed by atoms with Crippen LogP contribution in [0.2, 0.25) is 0 Å². The molecule has 1 unspecified atom stereocenters. The lowest BCUT2D eigenvalue weighted by Crippen LogP contribution is -2.41. The van der Waals surface area contributed by atoms with Crippen LogP contribution in [0.1, 0.15) is 33.3 Å². The molecular formula is C18H21F3N2O3. The summed E-state index contributed by atoms with van der Waals surface area (Å²) < 4.78 is 40.7. The van der Waals surface area contributed by atoms with Gasteiger partial charge < -0.3 is 15.4 Å². The van der Waals surface area contributed by atoms with Gasteiger partial charge >= 0.3 is 6.36 Å². The van der Waals surface area contributed by atoms with Crippen LogP contribution < -0.4 is 26.2 Å². The summed E-state index contributed by atoms with van der Waals surface area (Å²) in [5.41, 5.74) is -0.530. The Hall–Kier alpha value is -2.51. The molecule has 1 atom stereocenters. The summed E-state index contributed by atoms with van der Waals surface area (Å²) in [6, 6.07) is 5.35. The number of halogens is 3. The molecule has 0 aliphatic carbocycles. The molecule has 0 amide bonds. The third-order valence-corrected chi connectivity index (χ3v) is 4.17. The highest BCUT2D eigenvalue weighted by atomic mass is 19.4. The van der Waals surface area contributed by atoms with E-state index in [1.165, 1.54) is 18.2 Å². The van der Waals surface area contributed by atoms with Crippen molar-refractivity contribution in [1.82, 2.24) is 0 Å². The highest BCUT2D eigenvalue weighted by molar-refractivity contribution is 5.74. The number of nitrogens with one attached hydrogen (secondary N) is 2. The Balaban J connectivity index is 2.09. The fourth-order valence-corrected chi connectivity index (χ4v) is 2.17. The topological polar surface area (TPSA) is 67.4 Å². The van der Waals surface area contributed by atoms with Crippen molar-refractivity contribution >= 4 is 11.4 Å². The Kier molecular flexibility index (Phi) is 5.34. The first-order valence-corrected chi connectivity index (χ1v) is 8.07. The predicted octanol–water partition coefficient (Wildman–Crippen LogP) is 3.64. The van der Waals surface area contributed by atoms with Crippen molar-refractivity contribution in [1.29, 1.82) is 0 Å². The van der Waals surface area contributed by atoms with Crippen molar-refractivity contribution in [3.8, 4) is 5.75 Å². The molecule has 2 aromatic carbocycles. The van der Waals surface area contributed by atoms with Gasteiger partial charge in [0.1, 0.15) is 17.1 Å². The highest BCUT2D eigenvalue weighted by Crippen LogP contribution is 2.26. The lowest BCUT2D eigenvalue weighted by molar-refractivity contribution is -0.274. The zero-order chi connectivity index (χ0) is 19.7. The van der Waals surface area contributed by atoms with E-state index in [-0.39, 0.29) is 35.1 Å². The van der Waals surface area contributed by atoms with Gasteiger partial charge in [-0.15, -0.1) is 13.2 Å². The smallest absolute Gasteiger partial charge is 0.406 e. The highest BCUT2D eigenvalue weighted by Gasteiger charge is 2.31. The lowest BCUT2D eigenvalue weighted by atomic mass is 9.87. The summed E-state index contributed by atoms with van der Waals surface area (Å²) in [7, 11) is 0. The van der Waals surface area contributed by atoms with E-state index >= 15 is 0 Å². The van der Waals surface area contributed by atoms with E-state index < -0.39 is 17.2 Å². The van der Waals surface area contributed by atoms with Crippen molar-refractivity contribution in [3.05, 3.63) is 50.3 Å². The summed E-state index contributed by atoms with van der Waals surface area (Å²) in [6.07, 6.45) is -4.77. The number of rotatable bonds is 6. The van der Waals surface area contributed by atoms with E-state index in [1.54, 1.807) is 6.07 Å². The second-order valence-electron chi connectivity index (χ2n) is 7.19. The van der Waals surface area contributed by atoms with E-state index in [4.69, 9.17) is 0 Å². The van der Waals surface area contributed by atoms with Crippen LogP contribution in [0.5, 0.6) is 5.75 Å². The maximum Gasteiger partial charge on any atom is 0.573 e. The molecule has 0 saturated carbocycles. The van der Waals surface area contributed by atoms with Gasteiger partial charge in [-0.1, -0.05) is 32.9 Å². The molecule has 26 heavy (non-hydrogen) atoms. The molecule has 2 N–H and O–H groups in total. The molecule has 0 heterocycles. The third-order valence-electron chi connectivity index (χ3n) is 4.17. The molecule has 0 aromatic heterocycles. The first-order chi connectivity index (χ1) is 11.9. The van der Waals surface area contributed by atoms with Gasteiger partial charge in [0.2, 0.25) is 0 Å². The number of ether oxygens (including phenoxy) is 1. The predicted molar refractivity (Wildman–Crippen MR) is 94.3 cm³/mol. The Labute approximate surface area is 148 Å².